The summed E-state index contributed by atoms with van der Waals surface area (Å²) in [5, 5.41) is 12.1. The van der Waals surface area contributed by atoms with E-state index in [1.165, 1.54) is 5.69 Å². The van der Waals surface area contributed by atoms with Gasteiger partial charge in [-0.05, 0) is 42.0 Å². The largest absolute Gasteiger partial charge is 0.378 e. The normalized spacial score (nSPS) is 14.8. The van der Waals surface area contributed by atoms with Crippen LogP contribution in [0.25, 0.3) is 11.4 Å². The molecule has 1 saturated heterocycles. The van der Waals surface area contributed by atoms with E-state index in [-0.39, 0.29) is 0 Å². The van der Waals surface area contributed by atoms with Crippen molar-refractivity contribution in [2.75, 3.05) is 31.2 Å². The first-order chi connectivity index (χ1) is 13.2. The second-order valence-corrected chi connectivity index (χ2v) is 6.87. The molecule has 2 heterocycles. The van der Waals surface area contributed by atoms with Gasteiger partial charge in [0.15, 0.2) is 5.82 Å². The molecule has 1 aromatic heterocycles. The highest BCUT2D eigenvalue weighted by Crippen LogP contribution is 2.26. The molecule has 0 atom stereocenters. The monoisotopic (exact) mass is 399 g/mol. The summed E-state index contributed by atoms with van der Waals surface area (Å²) in [5.41, 5.74) is 2.93. The van der Waals surface area contributed by atoms with Gasteiger partial charge in [0, 0.05) is 24.3 Å². The van der Waals surface area contributed by atoms with E-state index in [0.29, 0.717) is 15.6 Å². The molecule has 1 fully saturated rings. The number of hydrogen-bond acceptors (Lipinski definition) is 5. The number of H-pyrrole nitrogens is 1. The van der Waals surface area contributed by atoms with Crippen molar-refractivity contribution in [1.29, 1.82) is 0 Å². The third-order valence-electron chi connectivity index (χ3n) is 4.36. The van der Waals surface area contributed by atoms with Gasteiger partial charge in [0.1, 0.15) is 0 Å². The Morgan fingerprint density at radius 1 is 1.11 bits per heavy atom. The highest BCUT2D eigenvalue weighted by molar-refractivity contribution is 7.71. The lowest BCUT2D eigenvalue weighted by Gasteiger charge is -2.28. The minimum Gasteiger partial charge on any atom is -0.378 e. The third-order valence-corrected chi connectivity index (χ3v) is 4.95. The van der Waals surface area contributed by atoms with Gasteiger partial charge >= 0.3 is 0 Å². The highest BCUT2D eigenvalue weighted by atomic mass is 35.5. The third kappa shape index (κ3) is 3.95. The molecule has 0 unspecified atom stereocenters. The Morgan fingerprint density at radius 3 is 2.59 bits per heavy atom. The number of halogens is 1. The average molecular weight is 400 g/mol. The van der Waals surface area contributed by atoms with E-state index in [1.54, 1.807) is 10.9 Å². The van der Waals surface area contributed by atoms with Crippen LogP contribution in [0.1, 0.15) is 5.56 Å². The first-order valence-electron chi connectivity index (χ1n) is 8.62. The molecular formula is C19H18ClN5OS. The first-order valence-corrected chi connectivity index (χ1v) is 9.40. The van der Waals surface area contributed by atoms with Crippen molar-refractivity contribution < 1.29 is 4.74 Å². The molecular weight excluding hydrogens is 382 g/mol. The van der Waals surface area contributed by atoms with Crippen molar-refractivity contribution in [3.8, 4) is 11.4 Å². The molecule has 0 aliphatic carbocycles. The number of nitrogens with one attached hydrogen (secondary N) is 1. The molecule has 6 nitrogen and oxygen atoms in total. The van der Waals surface area contributed by atoms with Crippen LogP contribution in [0.2, 0.25) is 5.02 Å². The minimum atomic E-state index is 0.408. The second-order valence-electron chi connectivity index (χ2n) is 6.08. The maximum Gasteiger partial charge on any atom is 0.216 e. The molecule has 0 saturated carbocycles. The van der Waals surface area contributed by atoms with Crippen LogP contribution in [-0.2, 0) is 4.74 Å². The minimum absolute atomic E-state index is 0.408. The van der Waals surface area contributed by atoms with Crippen molar-refractivity contribution in [3.63, 3.8) is 0 Å². The molecule has 138 valence electrons. The van der Waals surface area contributed by atoms with Crippen molar-refractivity contribution in [2.24, 2.45) is 5.10 Å². The molecule has 4 rings (SSSR count). The Balaban J connectivity index is 1.58. The molecule has 1 aliphatic heterocycles. The van der Waals surface area contributed by atoms with E-state index in [9.17, 15) is 0 Å². The summed E-state index contributed by atoms with van der Waals surface area (Å²) < 4.78 is 7.38. The SMILES string of the molecule is S=c1[nH]nc(-c2ccccc2Cl)n1N=Cc1ccc(N2CCOCC2)cc1. The molecule has 0 amide bonds. The van der Waals surface area contributed by atoms with Crippen molar-refractivity contribution in [3.05, 3.63) is 63.9 Å². The molecule has 2 aromatic carbocycles. The Kier molecular flexibility index (Phi) is 5.33. The van der Waals surface area contributed by atoms with Gasteiger partial charge in [-0.2, -0.15) is 14.9 Å². The van der Waals surface area contributed by atoms with Crippen molar-refractivity contribution >= 4 is 35.7 Å². The lowest BCUT2D eigenvalue weighted by Crippen LogP contribution is -2.36. The zero-order valence-corrected chi connectivity index (χ0v) is 16.1. The predicted molar refractivity (Wildman–Crippen MR) is 110 cm³/mol. The summed E-state index contributed by atoms with van der Waals surface area (Å²) in [6.07, 6.45) is 1.76. The molecule has 1 aliphatic rings. The van der Waals surface area contributed by atoms with Crippen LogP contribution in [0.5, 0.6) is 0 Å². The summed E-state index contributed by atoms with van der Waals surface area (Å²) in [7, 11) is 0. The average Bonchev–Trinajstić information content (AvgIpc) is 3.08. The smallest absolute Gasteiger partial charge is 0.216 e. The fourth-order valence-corrected chi connectivity index (χ4v) is 3.33. The summed E-state index contributed by atoms with van der Waals surface area (Å²) >= 11 is 11.6. The molecule has 0 bridgehead atoms. The molecule has 0 spiro atoms. The van der Waals surface area contributed by atoms with Gasteiger partial charge < -0.3 is 9.64 Å². The van der Waals surface area contributed by atoms with E-state index < -0.39 is 0 Å². The number of anilines is 1. The zero-order valence-electron chi connectivity index (χ0n) is 14.5. The first kappa shape index (κ1) is 17.9. The number of morpholine rings is 1. The summed E-state index contributed by atoms with van der Waals surface area (Å²) in [6.45, 7) is 3.37. The van der Waals surface area contributed by atoms with Crippen LogP contribution in [-0.4, -0.2) is 47.4 Å². The number of nitrogens with zero attached hydrogens (tertiary/aromatic N) is 4. The zero-order chi connectivity index (χ0) is 18.6. The molecule has 1 N–H and O–H groups in total. The number of aromatic nitrogens is 3. The van der Waals surface area contributed by atoms with Crippen molar-refractivity contribution in [1.82, 2.24) is 14.9 Å². The maximum absolute atomic E-state index is 6.28. The molecule has 0 radical (unpaired) electrons. The number of aromatic amines is 1. The van der Waals surface area contributed by atoms with Crippen LogP contribution in [0.15, 0.2) is 53.6 Å². The van der Waals surface area contributed by atoms with Gasteiger partial charge in [-0.3, -0.25) is 0 Å². The van der Waals surface area contributed by atoms with E-state index in [4.69, 9.17) is 28.6 Å². The van der Waals surface area contributed by atoms with Crippen LogP contribution < -0.4 is 4.90 Å². The lowest BCUT2D eigenvalue weighted by molar-refractivity contribution is 0.122. The standard InChI is InChI=1S/C19H18ClN5OS/c20-17-4-2-1-3-16(17)18-22-23-19(27)25(18)21-13-14-5-7-15(8-6-14)24-9-11-26-12-10-24/h1-8,13H,9-12H2,(H,23,27). The van der Waals surface area contributed by atoms with Gasteiger partial charge in [0.2, 0.25) is 4.77 Å². The van der Waals surface area contributed by atoms with E-state index in [0.717, 1.165) is 37.4 Å². The van der Waals surface area contributed by atoms with Gasteiger partial charge in [-0.25, -0.2) is 5.10 Å². The molecule has 8 heteroatoms. The molecule has 3 aromatic rings. The Labute approximate surface area is 167 Å². The number of ether oxygens (including phenoxy) is 1. The number of benzene rings is 2. The summed E-state index contributed by atoms with van der Waals surface area (Å²) in [4.78, 5) is 2.31. The summed E-state index contributed by atoms with van der Waals surface area (Å²) in [6, 6.07) is 15.7. The fourth-order valence-electron chi connectivity index (χ4n) is 2.93. The number of rotatable bonds is 4. The second kappa shape index (κ2) is 8.04. The van der Waals surface area contributed by atoms with Gasteiger partial charge in [-0.15, -0.1) is 0 Å². The van der Waals surface area contributed by atoms with Crippen molar-refractivity contribution in [2.45, 2.75) is 0 Å². The topological polar surface area (TPSA) is 58.4 Å². The Morgan fingerprint density at radius 2 is 1.85 bits per heavy atom. The Hall–Kier alpha value is -2.48. The maximum atomic E-state index is 6.28. The van der Waals surface area contributed by atoms with E-state index in [2.05, 4.69) is 32.3 Å². The van der Waals surface area contributed by atoms with Crippen LogP contribution in [0, 0.1) is 4.77 Å². The highest BCUT2D eigenvalue weighted by Gasteiger charge is 2.12. The lowest BCUT2D eigenvalue weighted by atomic mass is 10.2. The van der Waals surface area contributed by atoms with Gasteiger partial charge in [0.25, 0.3) is 0 Å². The fraction of sp³-hybridized carbons (Fsp3) is 0.211. The van der Waals surface area contributed by atoms with Gasteiger partial charge in [-0.1, -0.05) is 35.9 Å². The quantitative estimate of drug-likeness (QED) is 0.532. The molecule has 27 heavy (non-hydrogen) atoms. The Bertz CT molecular complexity index is 1010. The van der Waals surface area contributed by atoms with E-state index in [1.807, 2.05) is 36.4 Å². The van der Waals surface area contributed by atoms with Gasteiger partial charge in [0.05, 0.1) is 24.5 Å². The van der Waals surface area contributed by atoms with Crippen LogP contribution in [0.4, 0.5) is 5.69 Å². The number of hydrogen-bond donors (Lipinski definition) is 1. The predicted octanol–water partition coefficient (Wildman–Crippen LogP) is 3.98. The van der Waals surface area contributed by atoms with Crippen LogP contribution >= 0.6 is 23.8 Å². The van der Waals surface area contributed by atoms with E-state index >= 15 is 0 Å². The summed E-state index contributed by atoms with van der Waals surface area (Å²) in [5.74, 6) is 0.576. The van der Waals surface area contributed by atoms with Crippen LogP contribution in [0.3, 0.4) is 0 Å².